The fourth-order valence-corrected chi connectivity index (χ4v) is 30.8. The molecule has 22 aliphatic rings. The number of rotatable bonds is 12. The number of hydrogen-bond donors (Lipinski definition) is 6. The molecule has 16 bridgehead atoms. The van der Waals surface area contributed by atoms with Gasteiger partial charge in [-0.05, 0) is 245 Å². The topological polar surface area (TPSA) is 356 Å². The lowest BCUT2D eigenvalue weighted by molar-refractivity contribution is -0.133. The standard InChI is InChI=1S/C26H29ClN6O.C26H29N7O.C25H26FN7O.C24H24ClN9/c1-15-32(2)21-12-29-24(30-20-6-18-3-4-34-22(18)7-19(20)27)31-23(21)33(15)26-10-16-5-17(11-26)9-25(8-16,13-26)14-28;1-15-6-20-21(28-5-4-27-20)8-19(15)30-24-29-13-22-23(31-24)33(16(2)32(22)3)25-9-17-7-18(10-25)12-26(34,11-17)14-25;1-14-32(2)21-12-29-23(30-18-7-20-19(6-17(18)26)27-3-4-28-20)31-22(21)33(14)24-8-15-5-16(9-24)11-25(34,10-15)13-24;1-14-32(2)19-9-27-22(30-18-10-33-20(4-17(18)25)28-13-29-33)31-21(19)34(14)24-7-15-3-16(8-24)6-23(5-15,11-24)12-26/h6-7,12,16-18,22H,1,3-5,8-11,13H2,2H3,(H,29,30,31);4-6,8,13,17-18,34H,2,7,9-12,14H2,1,3H3,(H,29,30,31);3-4,6-7,12,15-16,34H,1,5,8-11,13H2,2H3,(H,29,30,31);4,9-10,13,15-16H,1,3,5-8,11H2,2H3,(H,27,30,31). The molecule has 136 heavy (non-hydrogen) atoms. The minimum atomic E-state index is -0.602. The lowest BCUT2D eigenvalue weighted by Crippen LogP contribution is -2.65. The molecule has 6 N–H and O–H groups in total. The molecule has 0 amide bonds. The van der Waals surface area contributed by atoms with Gasteiger partial charge < -0.3 is 75.4 Å². The van der Waals surface area contributed by atoms with Crippen molar-refractivity contribution in [1.82, 2.24) is 74.4 Å². The molecule has 2 aromatic carbocycles. The normalized spacial score (nSPS) is 33.4. The Kier molecular flexibility index (Phi) is 19.1. The van der Waals surface area contributed by atoms with Crippen molar-refractivity contribution >= 4 is 138 Å². The fourth-order valence-electron chi connectivity index (χ4n) is 30.4. The van der Waals surface area contributed by atoms with E-state index in [0.717, 1.165) is 239 Å². The number of fused-ring (bicyclic) bond motifs is 8. The summed E-state index contributed by atoms with van der Waals surface area (Å²) >= 11 is 13.0. The number of nitrogens with zero attached hydrogens (tertiary/aromatic N) is 25. The van der Waals surface area contributed by atoms with Crippen molar-refractivity contribution in [2.75, 3.05) is 95.3 Å². The number of aryl methyl sites for hydroxylation is 1. The molecule has 5 aliphatic heterocycles. The molecule has 0 radical (unpaired) electrons. The van der Waals surface area contributed by atoms with Gasteiger partial charge in [0.1, 0.15) is 58.2 Å². The number of hydrogen-bond acceptors (Lipinski definition) is 31. The first-order chi connectivity index (χ1) is 65.4. The molecule has 13 heterocycles. The summed E-state index contributed by atoms with van der Waals surface area (Å²) in [5.41, 5.74) is 8.70. The van der Waals surface area contributed by atoms with Crippen LogP contribution in [-0.4, -0.2) is 159 Å². The van der Waals surface area contributed by atoms with E-state index in [0.29, 0.717) is 109 Å². The molecular weight excluding hydrogens is 1760 g/mol. The first-order valence-electron chi connectivity index (χ1n) is 48.0. The summed E-state index contributed by atoms with van der Waals surface area (Å²) in [5.74, 6) is 13.3. The van der Waals surface area contributed by atoms with E-state index >= 15 is 0 Å². The minimum absolute atomic E-state index is 0.0648. The van der Waals surface area contributed by atoms with Crippen LogP contribution < -0.4 is 60.5 Å². The summed E-state index contributed by atoms with van der Waals surface area (Å²) in [6, 6.07) is 14.2. The zero-order chi connectivity index (χ0) is 93.0. The number of allylic oxidation sites excluding steroid dienone is 1. The number of ether oxygens (including phenoxy) is 1. The number of aliphatic hydroxyl groups is 2. The third-order valence-electron chi connectivity index (χ3n) is 34.2. The van der Waals surface area contributed by atoms with Crippen LogP contribution in [0.15, 0.2) is 165 Å². The third-order valence-corrected chi connectivity index (χ3v) is 34.8. The van der Waals surface area contributed by atoms with Crippen LogP contribution in [0.5, 0.6) is 0 Å². The number of benzene rings is 2. The van der Waals surface area contributed by atoms with Crippen molar-refractivity contribution in [3.63, 3.8) is 0 Å². The minimum Gasteiger partial charge on any atom is -0.390 e. The Hall–Kier alpha value is -12.5. The Morgan fingerprint density at radius 1 is 0.449 bits per heavy atom. The van der Waals surface area contributed by atoms with Crippen LogP contribution in [0.4, 0.5) is 91.3 Å². The first kappa shape index (κ1) is 85.2. The number of pyridine rings is 1. The van der Waals surface area contributed by atoms with Gasteiger partial charge in [-0.1, -0.05) is 55.6 Å². The Morgan fingerprint density at radius 2 is 0.816 bits per heavy atom. The van der Waals surface area contributed by atoms with Crippen molar-refractivity contribution in [2.24, 2.45) is 64.1 Å². The Balaban J connectivity index is 0.0000000965. The van der Waals surface area contributed by atoms with E-state index in [1.807, 2.05) is 76.8 Å². The lowest BCUT2D eigenvalue weighted by Gasteiger charge is -2.62. The van der Waals surface area contributed by atoms with Crippen LogP contribution in [0.2, 0.25) is 5.02 Å². The summed E-state index contributed by atoms with van der Waals surface area (Å²) in [4.78, 5) is 77.0. The molecule has 32 nitrogen and oxygen atoms in total. The van der Waals surface area contributed by atoms with E-state index in [-0.39, 0.29) is 44.8 Å². The Morgan fingerprint density at radius 3 is 1.23 bits per heavy atom. The molecule has 696 valence electrons. The number of aromatic nitrogens is 15. The monoisotopic (exact) mass is 1860 g/mol. The highest BCUT2D eigenvalue weighted by Crippen LogP contribution is 2.70. The number of anilines is 15. The molecule has 10 atom stereocenters. The largest absolute Gasteiger partial charge is 0.390 e. The molecule has 17 aliphatic carbocycles. The van der Waals surface area contributed by atoms with Crippen molar-refractivity contribution in [3.05, 3.63) is 181 Å². The van der Waals surface area contributed by atoms with Gasteiger partial charge in [-0.25, -0.2) is 33.8 Å². The predicted octanol–water partition coefficient (Wildman–Crippen LogP) is 17.8. The molecular formula is C101H108Cl2FN29O3. The van der Waals surface area contributed by atoms with Crippen molar-refractivity contribution in [2.45, 2.75) is 207 Å². The molecule has 10 unspecified atom stereocenters. The summed E-state index contributed by atoms with van der Waals surface area (Å²) < 4.78 is 22.2. The average molecular weight is 1870 g/mol. The van der Waals surface area contributed by atoms with E-state index in [1.54, 1.807) is 47.6 Å². The molecule has 16 saturated carbocycles. The van der Waals surface area contributed by atoms with Gasteiger partial charge in [-0.3, -0.25) is 19.9 Å². The lowest BCUT2D eigenvalue weighted by atomic mass is 9.47. The van der Waals surface area contributed by atoms with Crippen LogP contribution in [0.25, 0.3) is 27.7 Å². The molecule has 0 spiro atoms. The fraction of sp³-hybridized carbons (Fsp3) is 0.485. The summed E-state index contributed by atoms with van der Waals surface area (Å²) in [6.45, 7) is 20.5. The van der Waals surface area contributed by atoms with Crippen LogP contribution >= 0.6 is 23.2 Å². The van der Waals surface area contributed by atoms with Crippen LogP contribution in [0.3, 0.4) is 0 Å². The quantitative estimate of drug-likeness (QED) is 0.0661. The zero-order valence-electron chi connectivity index (χ0n) is 76.9. The van der Waals surface area contributed by atoms with Gasteiger partial charge in [0.2, 0.25) is 23.8 Å². The Labute approximate surface area is 797 Å². The summed E-state index contributed by atoms with van der Waals surface area (Å²) in [6.07, 6.45) is 47.0. The Bertz CT molecular complexity index is 6690. The number of nitriles is 2. The smallest absolute Gasteiger partial charge is 0.229 e. The van der Waals surface area contributed by atoms with E-state index < -0.39 is 17.0 Å². The molecule has 1 saturated heterocycles. The second-order valence-electron chi connectivity index (χ2n) is 43.4. The summed E-state index contributed by atoms with van der Waals surface area (Å²) in [5, 5.41) is 61.4. The average Bonchev–Trinajstić information content (AvgIpc) is 1.32. The van der Waals surface area contributed by atoms with Gasteiger partial charge in [0, 0.05) is 83.3 Å². The van der Waals surface area contributed by atoms with Crippen molar-refractivity contribution in [3.8, 4) is 12.1 Å². The predicted molar refractivity (Wildman–Crippen MR) is 519 cm³/mol. The van der Waals surface area contributed by atoms with Crippen LogP contribution in [0, 0.1) is 99.5 Å². The van der Waals surface area contributed by atoms with Crippen LogP contribution in [-0.2, 0) is 4.74 Å². The van der Waals surface area contributed by atoms with Crippen molar-refractivity contribution < 1.29 is 19.3 Å². The molecule has 8 aromatic heterocycles. The maximum atomic E-state index is 14.8. The van der Waals surface area contributed by atoms with Gasteiger partial charge in [-0.15, -0.1) is 0 Å². The second-order valence-corrected chi connectivity index (χ2v) is 44.2. The third kappa shape index (κ3) is 13.6. The molecule has 35 heteroatoms. The SMILES string of the molecule is C=C1N(C)c2cnc(NC3=CC4CCOC4C=C3Cl)nc2N1C12CC3CC(CC(C#N)(C3)C1)C2.C=C1N(C)c2cnc(Nc3cc4nccnc4cc3C)nc2N1C12CC3CC(CC(O)(C3)C1)C2.C=C1N(C)c2cnc(Nc3cc4nccnc4cc3F)nc2N1C12CC3CC(CC(O)(C3)C1)C2.C=C1N(C)c2cnc(Nc3cn4ncnc4cc3Cl)nc2N1C12CC3CC(CC(C#N)(C3)C1)C2. The zero-order valence-corrected chi connectivity index (χ0v) is 78.4. The van der Waals surface area contributed by atoms with Gasteiger partial charge >= 0.3 is 0 Å². The van der Waals surface area contributed by atoms with Crippen LogP contribution in [0.1, 0.15) is 166 Å². The van der Waals surface area contributed by atoms with Gasteiger partial charge in [0.05, 0.1) is 143 Å². The van der Waals surface area contributed by atoms with E-state index in [4.69, 9.17) is 47.9 Å². The van der Waals surface area contributed by atoms with Gasteiger partial charge in [-0.2, -0.15) is 35.6 Å². The summed E-state index contributed by atoms with van der Waals surface area (Å²) in [7, 11) is 8.03. The first-order valence-corrected chi connectivity index (χ1v) is 48.7. The highest BCUT2D eigenvalue weighted by atomic mass is 35.5. The highest BCUT2D eigenvalue weighted by molar-refractivity contribution is 6.33. The van der Waals surface area contributed by atoms with E-state index in [9.17, 15) is 25.1 Å². The maximum Gasteiger partial charge on any atom is 0.229 e. The van der Waals surface area contributed by atoms with Gasteiger partial charge in [0.15, 0.2) is 28.9 Å². The second kappa shape index (κ2) is 30.5. The van der Waals surface area contributed by atoms with E-state index in [1.165, 1.54) is 44.3 Å². The maximum absolute atomic E-state index is 14.8. The highest BCUT2D eigenvalue weighted by Gasteiger charge is 2.67. The van der Waals surface area contributed by atoms with Crippen molar-refractivity contribution in [1.29, 1.82) is 10.5 Å². The molecule has 10 aromatic rings. The van der Waals surface area contributed by atoms with Gasteiger partial charge in [0.25, 0.3) is 0 Å². The molecule has 32 rings (SSSR count). The van der Waals surface area contributed by atoms with E-state index in [2.05, 4.69) is 150 Å². The number of halogens is 3. The number of nitrogens with one attached hydrogen (secondary N) is 4. The molecule has 17 fully saturated rings.